The lowest BCUT2D eigenvalue weighted by Gasteiger charge is -2.37. The van der Waals surface area contributed by atoms with Gasteiger partial charge in [0, 0.05) is 19.2 Å². The lowest BCUT2D eigenvalue weighted by atomic mass is 9.90. The van der Waals surface area contributed by atoms with E-state index in [1.807, 2.05) is 0 Å². The minimum Gasteiger partial charge on any atom is -0.391 e. The van der Waals surface area contributed by atoms with Crippen LogP contribution in [0.15, 0.2) is 0 Å². The van der Waals surface area contributed by atoms with E-state index in [2.05, 4.69) is 11.9 Å². The van der Waals surface area contributed by atoms with Crippen LogP contribution in [0.2, 0.25) is 0 Å². The number of aliphatic hydroxyl groups is 1. The third-order valence-corrected chi connectivity index (χ3v) is 4.06. The van der Waals surface area contributed by atoms with E-state index in [0.29, 0.717) is 12.0 Å². The molecule has 2 aliphatic rings. The highest BCUT2D eigenvalue weighted by Crippen LogP contribution is 2.24. The fourth-order valence-electron chi connectivity index (χ4n) is 3.10. The van der Waals surface area contributed by atoms with E-state index in [-0.39, 0.29) is 6.10 Å². The Morgan fingerprint density at radius 2 is 2.00 bits per heavy atom. The number of hydrogen-bond donors (Lipinski definition) is 1. The summed E-state index contributed by atoms with van der Waals surface area (Å²) in [7, 11) is 2.16. The molecule has 94 valence electrons. The fraction of sp³-hybridized carbons (Fsp3) is 1.00. The van der Waals surface area contributed by atoms with Crippen LogP contribution < -0.4 is 0 Å². The molecular formula is C13H25NO2. The second-order valence-corrected chi connectivity index (χ2v) is 5.44. The number of likely N-dealkylation sites (N-methyl/N-ethyl adjacent to an activating group) is 1. The summed E-state index contributed by atoms with van der Waals surface area (Å²) in [6, 6.07) is 0.385. The second kappa shape index (κ2) is 5.99. The van der Waals surface area contributed by atoms with Gasteiger partial charge in [-0.3, -0.25) is 0 Å². The van der Waals surface area contributed by atoms with Crippen molar-refractivity contribution in [1.29, 1.82) is 0 Å². The predicted molar refractivity (Wildman–Crippen MR) is 64.4 cm³/mol. The number of rotatable bonds is 3. The van der Waals surface area contributed by atoms with Gasteiger partial charge in [-0.1, -0.05) is 12.8 Å². The standard InChI is InChI=1S/C13H25NO2/c1-14(9-11-5-4-8-16-10-11)12-6-2-3-7-13(12)15/h11-13,15H,2-10H2,1H3/t11?,12-,13-/m1/s1. The van der Waals surface area contributed by atoms with E-state index >= 15 is 0 Å². The Hall–Kier alpha value is -0.120. The van der Waals surface area contributed by atoms with Crippen LogP contribution in [0.5, 0.6) is 0 Å². The first-order chi connectivity index (χ1) is 7.77. The molecule has 3 atom stereocenters. The molecule has 1 unspecified atom stereocenters. The molecule has 1 aliphatic carbocycles. The van der Waals surface area contributed by atoms with Crippen molar-refractivity contribution in [2.24, 2.45) is 5.92 Å². The van der Waals surface area contributed by atoms with E-state index in [9.17, 15) is 5.11 Å². The number of ether oxygens (including phenoxy) is 1. The van der Waals surface area contributed by atoms with Crippen molar-refractivity contribution in [3.8, 4) is 0 Å². The van der Waals surface area contributed by atoms with Gasteiger partial charge in [-0.25, -0.2) is 0 Å². The van der Waals surface area contributed by atoms with Gasteiger partial charge in [-0.15, -0.1) is 0 Å². The Kier molecular flexibility index (Phi) is 4.62. The van der Waals surface area contributed by atoms with Crippen molar-refractivity contribution in [2.75, 3.05) is 26.8 Å². The predicted octanol–water partition coefficient (Wildman–Crippen LogP) is 1.65. The average Bonchev–Trinajstić information content (AvgIpc) is 2.31. The summed E-state index contributed by atoms with van der Waals surface area (Å²) < 4.78 is 5.51. The Morgan fingerprint density at radius 1 is 1.19 bits per heavy atom. The van der Waals surface area contributed by atoms with Crippen molar-refractivity contribution in [2.45, 2.75) is 50.7 Å². The van der Waals surface area contributed by atoms with Crippen LogP contribution in [0.25, 0.3) is 0 Å². The molecule has 1 aliphatic heterocycles. The molecule has 3 heteroatoms. The molecule has 1 saturated carbocycles. The van der Waals surface area contributed by atoms with Crippen LogP contribution in [0.4, 0.5) is 0 Å². The quantitative estimate of drug-likeness (QED) is 0.795. The Morgan fingerprint density at radius 3 is 2.69 bits per heavy atom. The monoisotopic (exact) mass is 227 g/mol. The van der Waals surface area contributed by atoms with Crippen LogP contribution in [0.1, 0.15) is 38.5 Å². The van der Waals surface area contributed by atoms with Gasteiger partial charge in [-0.2, -0.15) is 0 Å². The van der Waals surface area contributed by atoms with Crippen molar-refractivity contribution in [1.82, 2.24) is 4.90 Å². The van der Waals surface area contributed by atoms with Gasteiger partial charge in [0.1, 0.15) is 0 Å². The minimum absolute atomic E-state index is 0.108. The molecule has 0 spiro atoms. The molecule has 0 amide bonds. The molecule has 3 nitrogen and oxygen atoms in total. The first kappa shape index (κ1) is 12.3. The molecule has 0 aromatic heterocycles. The van der Waals surface area contributed by atoms with Crippen molar-refractivity contribution < 1.29 is 9.84 Å². The van der Waals surface area contributed by atoms with Crippen LogP contribution in [0, 0.1) is 5.92 Å². The zero-order valence-electron chi connectivity index (χ0n) is 10.4. The third kappa shape index (κ3) is 3.19. The average molecular weight is 227 g/mol. The largest absolute Gasteiger partial charge is 0.391 e. The maximum absolute atomic E-state index is 10.00. The zero-order valence-corrected chi connectivity index (χ0v) is 10.4. The van der Waals surface area contributed by atoms with E-state index in [1.165, 1.54) is 25.7 Å². The molecule has 2 fully saturated rings. The maximum atomic E-state index is 10.00. The van der Waals surface area contributed by atoms with Crippen molar-refractivity contribution >= 4 is 0 Å². The molecule has 0 aromatic carbocycles. The topological polar surface area (TPSA) is 32.7 Å². The highest BCUT2D eigenvalue weighted by Gasteiger charge is 2.28. The molecule has 2 rings (SSSR count). The van der Waals surface area contributed by atoms with Crippen LogP contribution >= 0.6 is 0 Å². The summed E-state index contributed by atoms with van der Waals surface area (Å²) in [6.07, 6.45) is 6.98. The minimum atomic E-state index is -0.108. The van der Waals surface area contributed by atoms with Crippen LogP contribution in [0.3, 0.4) is 0 Å². The number of aliphatic hydroxyl groups excluding tert-OH is 1. The first-order valence-corrected chi connectivity index (χ1v) is 6.73. The molecular weight excluding hydrogens is 202 g/mol. The molecule has 1 N–H and O–H groups in total. The summed E-state index contributed by atoms with van der Waals surface area (Å²) in [5, 5.41) is 10.00. The van der Waals surface area contributed by atoms with Crippen molar-refractivity contribution in [3.05, 3.63) is 0 Å². The van der Waals surface area contributed by atoms with Gasteiger partial charge in [0.2, 0.25) is 0 Å². The number of hydrogen-bond acceptors (Lipinski definition) is 3. The summed E-state index contributed by atoms with van der Waals surface area (Å²) in [5.74, 6) is 0.674. The molecule has 16 heavy (non-hydrogen) atoms. The molecule has 0 radical (unpaired) electrons. The van der Waals surface area contributed by atoms with Crippen molar-refractivity contribution in [3.63, 3.8) is 0 Å². The normalized spacial score (nSPS) is 36.6. The van der Waals surface area contributed by atoms with Gasteiger partial charge in [0.05, 0.1) is 12.7 Å². The Balaban J connectivity index is 1.78. The first-order valence-electron chi connectivity index (χ1n) is 6.73. The van der Waals surface area contributed by atoms with E-state index < -0.39 is 0 Å². The summed E-state index contributed by atoms with van der Waals surface area (Å²) in [6.45, 7) is 2.93. The lowest BCUT2D eigenvalue weighted by Crippen LogP contribution is -2.46. The van der Waals surface area contributed by atoms with Crippen LogP contribution in [-0.2, 0) is 4.74 Å². The van der Waals surface area contributed by atoms with Gasteiger partial charge >= 0.3 is 0 Å². The Bertz CT molecular complexity index is 204. The van der Waals surface area contributed by atoms with Gasteiger partial charge in [-0.05, 0) is 38.6 Å². The molecule has 1 heterocycles. The second-order valence-electron chi connectivity index (χ2n) is 5.44. The molecule has 0 aromatic rings. The Labute approximate surface area is 98.8 Å². The van der Waals surface area contributed by atoms with Gasteiger partial charge in [0.25, 0.3) is 0 Å². The molecule has 0 bridgehead atoms. The SMILES string of the molecule is CN(CC1CCCOC1)[C@@H]1CCCC[C@H]1O. The fourth-order valence-corrected chi connectivity index (χ4v) is 3.10. The zero-order chi connectivity index (χ0) is 11.4. The van der Waals surface area contributed by atoms with Gasteiger partial charge < -0.3 is 14.7 Å². The third-order valence-electron chi connectivity index (χ3n) is 4.06. The highest BCUT2D eigenvalue weighted by atomic mass is 16.5. The van der Waals surface area contributed by atoms with E-state index in [4.69, 9.17) is 4.74 Å². The summed E-state index contributed by atoms with van der Waals surface area (Å²) in [5.41, 5.74) is 0. The maximum Gasteiger partial charge on any atom is 0.0695 e. The van der Waals surface area contributed by atoms with Gasteiger partial charge in [0.15, 0.2) is 0 Å². The smallest absolute Gasteiger partial charge is 0.0695 e. The highest BCUT2D eigenvalue weighted by molar-refractivity contribution is 4.82. The summed E-state index contributed by atoms with van der Waals surface area (Å²) >= 11 is 0. The lowest BCUT2D eigenvalue weighted by molar-refractivity contribution is -0.000145. The van der Waals surface area contributed by atoms with E-state index in [0.717, 1.165) is 32.6 Å². The summed E-state index contributed by atoms with van der Waals surface area (Å²) in [4.78, 5) is 2.36. The van der Waals surface area contributed by atoms with E-state index in [1.54, 1.807) is 0 Å². The van der Waals surface area contributed by atoms with Crippen LogP contribution in [-0.4, -0.2) is 49.0 Å². The number of nitrogens with zero attached hydrogens (tertiary/aromatic N) is 1. The molecule has 1 saturated heterocycles.